The van der Waals surface area contributed by atoms with Crippen molar-refractivity contribution < 1.29 is 0 Å². The molecule has 0 aliphatic rings. The zero-order chi connectivity index (χ0) is 9.59. The van der Waals surface area contributed by atoms with Crippen LogP contribution >= 0.6 is 11.6 Å². The predicted molar refractivity (Wildman–Crippen MR) is 52.2 cm³/mol. The summed E-state index contributed by atoms with van der Waals surface area (Å²) in [6, 6.07) is 2.05. The standard InChI is InChI=1S/C9H10ClN3/c1-5-4-6(2)13-8(5)9(10)11-7(3)12-13/h4H,1-3H3. The second-order valence-electron chi connectivity index (χ2n) is 3.18. The number of halogens is 1. The Balaban J connectivity index is 2.97. The molecule has 0 aromatic carbocycles. The molecule has 0 bridgehead atoms. The summed E-state index contributed by atoms with van der Waals surface area (Å²) in [6.45, 7) is 5.84. The molecule has 0 fully saturated rings. The van der Waals surface area contributed by atoms with E-state index in [2.05, 4.69) is 16.1 Å². The van der Waals surface area contributed by atoms with Gasteiger partial charge in [-0.05, 0) is 32.4 Å². The van der Waals surface area contributed by atoms with Crippen LogP contribution in [-0.4, -0.2) is 14.6 Å². The second kappa shape index (κ2) is 2.70. The van der Waals surface area contributed by atoms with Crippen LogP contribution in [0.1, 0.15) is 17.1 Å². The maximum atomic E-state index is 6.01. The molecule has 0 aliphatic carbocycles. The van der Waals surface area contributed by atoms with E-state index in [1.165, 1.54) is 0 Å². The number of rotatable bonds is 0. The predicted octanol–water partition coefficient (Wildman–Crippen LogP) is 2.31. The van der Waals surface area contributed by atoms with Crippen molar-refractivity contribution >= 4 is 17.1 Å². The fraction of sp³-hybridized carbons (Fsp3) is 0.333. The molecule has 0 unspecified atom stereocenters. The summed E-state index contributed by atoms with van der Waals surface area (Å²) in [5.41, 5.74) is 3.10. The van der Waals surface area contributed by atoms with E-state index in [4.69, 9.17) is 11.6 Å². The smallest absolute Gasteiger partial charge is 0.157 e. The Hall–Kier alpha value is -1.09. The molecule has 0 saturated heterocycles. The van der Waals surface area contributed by atoms with E-state index in [0.29, 0.717) is 11.0 Å². The highest BCUT2D eigenvalue weighted by Crippen LogP contribution is 2.21. The molecule has 3 nitrogen and oxygen atoms in total. The van der Waals surface area contributed by atoms with Gasteiger partial charge in [0.05, 0.1) is 0 Å². The first kappa shape index (κ1) is 8.51. The topological polar surface area (TPSA) is 30.2 Å². The fourth-order valence-electron chi connectivity index (χ4n) is 1.53. The van der Waals surface area contributed by atoms with Gasteiger partial charge in [-0.3, -0.25) is 0 Å². The van der Waals surface area contributed by atoms with Gasteiger partial charge in [0, 0.05) is 5.69 Å². The van der Waals surface area contributed by atoms with E-state index < -0.39 is 0 Å². The van der Waals surface area contributed by atoms with Crippen LogP contribution < -0.4 is 0 Å². The largest absolute Gasteiger partial charge is 0.233 e. The van der Waals surface area contributed by atoms with Crippen LogP contribution in [0.15, 0.2) is 6.07 Å². The van der Waals surface area contributed by atoms with E-state index >= 15 is 0 Å². The zero-order valence-corrected chi connectivity index (χ0v) is 8.55. The number of nitrogens with zero attached hydrogens (tertiary/aromatic N) is 3. The lowest BCUT2D eigenvalue weighted by molar-refractivity contribution is 0.832. The molecule has 0 saturated carbocycles. The molecule has 13 heavy (non-hydrogen) atoms. The SMILES string of the molecule is Cc1nc(Cl)c2c(C)cc(C)n2n1. The molecule has 2 aromatic heterocycles. The first-order valence-corrected chi connectivity index (χ1v) is 4.46. The van der Waals surface area contributed by atoms with E-state index in [1.807, 2.05) is 25.3 Å². The van der Waals surface area contributed by atoms with Crippen LogP contribution in [0.5, 0.6) is 0 Å². The summed E-state index contributed by atoms with van der Waals surface area (Å²) < 4.78 is 1.83. The van der Waals surface area contributed by atoms with Crippen molar-refractivity contribution in [2.75, 3.05) is 0 Å². The summed E-state index contributed by atoms with van der Waals surface area (Å²) in [4.78, 5) is 4.11. The third-order valence-electron chi connectivity index (χ3n) is 2.04. The molecule has 0 spiro atoms. The van der Waals surface area contributed by atoms with Crippen LogP contribution in [0.3, 0.4) is 0 Å². The molecule has 4 heteroatoms. The molecule has 0 atom stereocenters. The van der Waals surface area contributed by atoms with Crippen molar-refractivity contribution in [3.63, 3.8) is 0 Å². The Morgan fingerprint density at radius 2 is 2.00 bits per heavy atom. The number of fused-ring (bicyclic) bond motifs is 1. The summed E-state index contributed by atoms with van der Waals surface area (Å²) in [6.07, 6.45) is 0. The maximum absolute atomic E-state index is 6.01. The lowest BCUT2D eigenvalue weighted by Gasteiger charge is -2.00. The zero-order valence-electron chi connectivity index (χ0n) is 7.80. The van der Waals surface area contributed by atoms with Gasteiger partial charge in [-0.25, -0.2) is 9.50 Å². The van der Waals surface area contributed by atoms with Crippen LogP contribution in [0.2, 0.25) is 5.15 Å². The first-order valence-electron chi connectivity index (χ1n) is 4.08. The molecular formula is C9H10ClN3. The van der Waals surface area contributed by atoms with Gasteiger partial charge in [0.1, 0.15) is 11.3 Å². The van der Waals surface area contributed by atoms with E-state index in [-0.39, 0.29) is 0 Å². The normalized spacial score (nSPS) is 11.1. The Morgan fingerprint density at radius 3 is 2.69 bits per heavy atom. The van der Waals surface area contributed by atoms with Crippen molar-refractivity contribution in [1.82, 2.24) is 14.6 Å². The lowest BCUT2D eigenvalue weighted by Crippen LogP contribution is -1.99. The molecule has 0 aliphatic heterocycles. The van der Waals surface area contributed by atoms with Gasteiger partial charge in [0.2, 0.25) is 0 Å². The van der Waals surface area contributed by atoms with Crippen LogP contribution in [-0.2, 0) is 0 Å². The second-order valence-corrected chi connectivity index (χ2v) is 3.54. The first-order chi connectivity index (χ1) is 6.09. The van der Waals surface area contributed by atoms with Gasteiger partial charge in [0.25, 0.3) is 0 Å². The van der Waals surface area contributed by atoms with Crippen molar-refractivity contribution in [3.8, 4) is 0 Å². The Labute approximate surface area is 81.4 Å². The van der Waals surface area contributed by atoms with Crippen LogP contribution in [0, 0.1) is 20.8 Å². The molecule has 2 rings (SSSR count). The minimum Gasteiger partial charge on any atom is -0.233 e. The Morgan fingerprint density at radius 1 is 1.31 bits per heavy atom. The van der Waals surface area contributed by atoms with Crippen molar-refractivity contribution in [1.29, 1.82) is 0 Å². The third kappa shape index (κ3) is 1.20. The molecular weight excluding hydrogens is 186 g/mol. The quantitative estimate of drug-likeness (QED) is 0.646. The van der Waals surface area contributed by atoms with Crippen molar-refractivity contribution in [3.05, 3.63) is 28.3 Å². The number of aromatic nitrogens is 3. The molecule has 2 heterocycles. The average Bonchev–Trinajstić information content (AvgIpc) is 2.27. The number of aryl methyl sites for hydroxylation is 3. The number of hydrogen-bond acceptors (Lipinski definition) is 2. The van der Waals surface area contributed by atoms with Crippen molar-refractivity contribution in [2.45, 2.75) is 20.8 Å². The Kier molecular flexibility index (Phi) is 1.77. The monoisotopic (exact) mass is 195 g/mol. The third-order valence-corrected chi connectivity index (χ3v) is 2.31. The van der Waals surface area contributed by atoms with Crippen molar-refractivity contribution in [2.24, 2.45) is 0 Å². The summed E-state index contributed by atoms with van der Waals surface area (Å²) in [7, 11) is 0. The highest BCUT2D eigenvalue weighted by atomic mass is 35.5. The molecule has 68 valence electrons. The minimum atomic E-state index is 0.526. The lowest BCUT2D eigenvalue weighted by atomic mass is 10.3. The van der Waals surface area contributed by atoms with Gasteiger partial charge < -0.3 is 0 Å². The summed E-state index contributed by atoms with van der Waals surface area (Å²) in [5, 5.41) is 4.80. The summed E-state index contributed by atoms with van der Waals surface area (Å²) >= 11 is 6.01. The van der Waals surface area contributed by atoms with Crippen LogP contribution in [0.25, 0.3) is 5.52 Å². The van der Waals surface area contributed by atoms with Gasteiger partial charge in [-0.2, -0.15) is 5.10 Å². The van der Waals surface area contributed by atoms with Crippen LogP contribution in [0.4, 0.5) is 0 Å². The highest BCUT2D eigenvalue weighted by molar-refractivity contribution is 6.32. The molecule has 0 N–H and O–H groups in total. The number of hydrogen-bond donors (Lipinski definition) is 0. The highest BCUT2D eigenvalue weighted by Gasteiger charge is 2.08. The average molecular weight is 196 g/mol. The van der Waals surface area contributed by atoms with Gasteiger partial charge >= 0.3 is 0 Å². The summed E-state index contributed by atoms with van der Waals surface area (Å²) in [5.74, 6) is 0.691. The molecule has 0 radical (unpaired) electrons. The van der Waals surface area contributed by atoms with Gasteiger partial charge in [0.15, 0.2) is 5.15 Å². The minimum absolute atomic E-state index is 0.526. The van der Waals surface area contributed by atoms with E-state index in [1.54, 1.807) is 0 Å². The van der Waals surface area contributed by atoms with Gasteiger partial charge in [-0.1, -0.05) is 11.6 Å². The Bertz CT molecular complexity index is 473. The fourth-order valence-corrected chi connectivity index (χ4v) is 1.88. The molecule has 0 amide bonds. The maximum Gasteiger partial charge on any atom is 0.157 e. The van der Waals surface area contributed by atoms with E-state index in [0.717, 1.165) is 16.8 Å². The molecule has 2 aromatic rings. The van der Waals surface area contributed by atoms with Gasteiger partial charge in [-0.15, -0.1) is 0 Å². The van der Waals surface area contributed by atoms with E-state index in [9.17, 15) is 0 Å².